The number of rotatable bonds is 4. The van der Waals surface area contributed by atoms with Gasteiger partial charge in [-0.1, -0.05) is 29.8 Å². The van der Waals surface area contributed by atoms with Crippen molar-refractivity contribution >= 4 is 9.84 Å². The number of sulfone groups is 1. The molecule has 1 atom stereocenters. The molecule has 0 aliphatic carbocycles. The van der Waals surface area contributed by atoms with Gasteiger partial charge >= 0.3 is 0 Å². The molecule has 0 saturated heterocycles. The summed E-state index contributed by atoms with van der Waals surface area (Å²) in [6.45, 7) is 1.90. The number of aryl methyl sites for hydroxylation is 1. The Morgan fingerprint density at radius 2 is 1.60 bits per heavy atom. The van der Waals surface area contributed by atoms with Crippen LogP contribution in [0.25, 0.3) is 0 Å². The fourth-order valence-electron chi connectivity index (χ4n) is 2.01. The minimum absolute atomic E-state index is 0.0250. The van der Waals surface area contributed by atoms with E-state index in [4.69, 9.17) is 5.73 Å². The maximum atomic E-state index is 12.9. The number of hydrogen-bond acceptors (Lipinski definition) is 3. The second kappa shape index (κ2) is 5.73. The van der Waals surface area contributed by atoms with E-state index >= 15 is 0 Å². The SMILES string of the molecule is Cc1ccc(C(CN)S(=O)(=O)c2ccc(F)cc2)cc1. The van der Waals surface area contributed by atoms with E-state index in [-0.39, 0.29) is 11.4 Å². The molecule has 2 rings (SSSR count). The van der Waals surface area contributed by atoms with Crippen molar-refractivity contribution in [1.29, 1.82) is 0 Å². The van der Waals surface area contributed by atoms with Crippen molar-refractivity contribution in [3.05, 3.63) is 65.5 Å². The Morgan fingerprint density at radius 1 is 1.05 bits per heavy atom. The highest BCUT2D eigenvalue weighted by molar-refractivity contribution is 7.91. The lowest BCUT2D eigenvalue weighted by Crippen LogP contribution is -2.22. The van der Waals surface area contributed by atoms with Gasteiger partial charge in [-0.15, -0.1) is 0 Å². The number of benzene rings is 2. The zero-order valence-corrected chi connectivity index (χ0v) is 11.9. The van der Waals surface area contributed by atoms with Crippen LogP contribution in [0.5, 0.6) is 0 Å². The molecule has 20 heavy (non-hydrogen) atoms. The average molecular weight is 293 g/mol. The summed E-state index contributed by atoms with van der Waals surface area (Å²) < 4.78 is 38.0. The summed E-state index contributed by atoms with van der Waals surface area (Å²) in [4.78, 5) is 0.0786. The minimum Gasteiger partial charge on any atom is -0.329 e. The van der Waals surface area contributed by atoms with Gasteiger partial charge in [0.25, 0.3) is 0 Å². The van der Waals surface area contributed by atoms with Crippen molar-refractivity contribution in [2.75, 3.05) is 6.54 Å². The average Bonchev–Trinajstić information content (AvgIpc) is 2.42. The largest absolute Gasteiger partial charge is 0.329 e. The maximum absolute atomic E-state index is 12.9. The van der Waals surface area contributed by atoms with E-state index in [9.17, 15) is 12.8 Å². The second-order valence-corrected chi connectivity index (χ2v) is 6.76. The zero-order chi connectivity index (χ0) is 14.8. The maximum Gasteiger partial charge on any atom is 0.186 e. The molecular formula is C15H16FNO2S. The molecule has 2 N–H and O–H groups in total. The van der Waals surface area contributed by atoms with E-state index in [1.165, 1.54) is 12.1 Å². The quantitative estimate of drug-likeness (QED) is 0.881. The third-order valence-corrected chi connectivity index (χ3v) is 5.32. The highest BCUT2D eigenvalue weighted by Crippen LogP contribution is 2.28. The van der Waals surface area contributed by atoms with Gasteiger partial charge in [0.2, 0.25) is 0 Å². The summed E-state index contributed by atoms with van der Waals surface area (Å²) >= 11 is 0. The van der Waals surface area contributed by atoms with Crippen molar-refractivity contribution in [3.63, 3.8) is 0 Å². The molecule has 1 unspecified atom stereocenters. The van der Waals surface area contributed by atoms with Crippen molar-refractivity contribution in [3.8, 4) is 0 Å². The topological polar surface area (TPSA) is 60.2 Å². The van der Waals surface area contributed by atoms with E-state index in [0.717, 1.165) is 17.7 Å². The van der Waals surface area contributed by atoms with Crippen LogP contribution < -0.4 is 5.73 Å². The summed E-state index contributed by atoms with van der Waals surface area (Å²) in [5, 5.41) is -0.825. The number of hydrogen-bond donors (Lipinski definition) is 1. The predicted octanol–water partition coefficient (Wildman–Crippen LogP) is 2.61. The van der Waals surface area contributed by atoms with Crippen LogP contribution >= 0.6 is 0 Å². The molecule has 0 saturated carbocycles. The molecule has 2 aromatic rings. The van der Waals surface area contributed by atoms with Crippen LogP contribution in [-0.2, 0) is 9.84 Å². The summed E-state index contributed by atoms with van der Waals surface area (Å²) in [6.07, 6.45) is 0. The van der Waals surface area contributed by atoms with Gasteiger partial charge in [0.15, 0.2) is 9.84 Å². The van der Waals surface area contributed by atoms with Gasteiger partial charge in [0, 0.05) is 6.54 Å². The first kappa shape index (κ1) is 14.7. The van der Waals surface area contributed by atoms with Crippen LogP contribution in [0.4, 0.5) is 4.39 Å². The van der Waals surface area contributed by atoms with Crippen LogP contribution in [-0.4, -0.2) is 15.0 Å². The first-order chi connectivity index (χ1) is 9.45. The predicted molar refractivity (Wildman–Crippen MR) is 76.6 cm³/mol. The van der Waals surface area contributed by atoms with Crippen LogP contribution in [0.15, 0.2) is 53.4 Å². The van der Waals surface area contributed by atoms with E-state index in [0.29, 0.717) is 5.56 Å². The molecule has 0 amide bonds. The molecule has 0 bridgehead atoms. The summed E-state index contributed by atoms with van der Waals surface area (Å²) in [6, 6.07) is 12.0. The lowest BCUT2D eigenvalue weighted by atomic mass is 10.1. The normalized spacial score (nSPS) is 13.2. The Morgan fingerprint density at radius 3 is 2.10 bits per heavy atom. The van der Waals surface area contributed by atoms with Crippen molar-refractivity contribution < 1.29 is 12.8 Å². The summed E-state index contributed by atoms with van der Waals surface area (Å²) in [5.41, 5.74) is 7.33. The molecule has 0 radical (unpaired) electrons. The first-order valence-electron chi connectivity index (χ1n) is 6.21. The minimum atomic E-state index is -3.63. The Labute approximate surface area is 118 Å². The third kappa shape index (κ3) is 2.89. The molecule has 0 aromatic heterocycles. The van der Waals surface area contributed by atoms with Gasteiger partial charge in [-0.25, -0.2) is 12.8 Å². The molecule has 0 aliphatic rings. The van der Waals surface area contributed by atoms with Crippen LogP contribution in [0.3, 0.4) is 0 Å². The Balaban J connectivity index is 2.44. The molecule has 0 spiro atoms. The molecule has 106 valence electrons. The monoisotopic (exact) mass is 293 g/mol. The van der Waals surface area contributed by atoms with Gasteiger partial charge in [0.1, 0.15) is 11.1 Å². The fraction of sp³-hybridized carbons (Fsp3) is 0.200. The van der Waals surface area contributed by atoms with E-state index in [2.05, 4.69) is 0 Å². The van der Waals surface area contributed by atoms with Gasteiger partial charge < -0.3 is 5.73 Å². The Bertz CT molecular complexity index is 679. The molecule has 0 fully saturated rings. The lowest BCUT2D eigenvalue weighted by Gasteiger charge is -2.16. The summed E-state index contributed by atoms with van der Waals surface area (Å²) in [5.74, 6) is -0.469. The number of halogens is 1. The fourth-order valence-corrected chi connectivity index (χ4v) is 3.62. The molecule has 0 heterocycles. The van der Waals surface area contributed by atoms with Crippen molar-refractivity contribution in [2.24, 2.45) is 5.73 Å². The van der Waals surface area contributed by atoms with Crippen LogP contribution in [0, 0.1) is 12.7 Å². The Kier molecular flexibility index (Phi) is 4.20. The van der Waals surface area contributed by atoms with Gasteiger partial charge in [-0.2, -0.15) is 0 Å². The second-order valence-electron chi connectivity index (χ2n) is 4.63. The molecule has 5 heteroatoms. The van der Waals surface area contributed by atoms with Gasteiger partial charge in [-0.05, 0) is 36.8 Å². The van der Waals surface area contributed by atoms with Crippen molar-refractivity contribution in [1.82, 2.24) is 0 Å². The zero-order valence-electron chi connectivity index (χ0n) is 11.1. The van der Waals surface area contributed by atoms with Gasteiger partial charge in [0.05, 0.1) is 4.90 Å². The lowest BCUT2D eigenvalue weighted by molar-refractivity contribution is 0.581. The molecule has 0 aliphatic heterocycles. The van der Waals surface area contributed by atoms with Gasteiger partial charge in [-0.3, -0.25) is 0 Å². The molecular weight excluding hydrogens is 277 g/mol. The molecule has 2 aromatic carbocycles. The third-order valence-electron chi connectivity index (χ3n) is 3.18. The standard InChI is InChI=1S/C15H16FNO2S/c1-11-2-4-12(5-3-11)15(10-17)20(18,19)14-8-6-13(16)7-9-14/h2-9,15H,10,17H2,1H3. The molecule has 3 nitrogen and oxygen atoms in total. The van der Waals surface area contributed by atoms with E-state index in [1.807, 2.05) is 19.1 Å². The number of nitrogens with two attached hydrogens (primary N) is 1. The highest BCUT2D eigenvalue weighted by atomic mass is 32.2. The van der Waals surface area contributed by atoms with Crippen molar-refractivity contribution in [2.45, 2.75) is 17.1 Å². The highest BCUT2D eigenvalue weighted by Gasteiger charge is 2.27. The van der Waals surface area contributed by atoms with E-state index < -0.39 is 20.9 Å². The smallest absolute Gasteiger partial charge is 0.186 e. The summed E-state index contributed by atoms with van der Waals surface area (Å²) in [7, 11) is -3.63. The van der Waals surface area contributed by atoms with Crippen LogP contribution in [0.2, 0.25) is 0 Å². The van der Waals surface area contributed by atoms with E-state index in [1.54, 1.807) is 12.1 Å². The van der Waals surface area contributed by atoms with Crippen LogP contribution in [0.1, 0.15) is 16.4 Å². The first-order valence-corrected chi connectivity index (χ1v) is 7.76. The Hall–Kier alpha value is -1.72.